The fraction of sp³-hybridized carbons (Fsp3) is 0.733. The number of nitrogens with zero attached hydrogens (tertiary/aromatic N) is 3. The summed E-state index contributed by atoms with van der Waals surface area (Å²) in [4.78, 5) is 11.5. The molecule has 0 aliphatic carbocycles. The molecule has 0 saturated carbocycles. The predicted molar refractivity (Wildman–Crippen MR) is 81.5 cm³/mol. The highest BCUT2D eigenvalue weighted by molar-refractivity contribution is 5.37. The zero-order valence-electron chi connectivity index (χ0n) is 12.9. The predicted octanol–water partition coefficient (Wildman–Crippen LogP) is 2.15. The Bertz CT molecular complexity index is 424. The molecule has 1 N–H and O–H groups in total. The number of nitrogens with one attached hydrogen (secondary N) is 1. The molecule has 5 nitrogen and oxygen atoms in total. The average molecular weight is 278 g/mol. The molecule has 20 heavy (non-hydrogen) atoms. The van der Waals surface area contributed by atoms with Crippen LogP contribution in [-0.2, 0) is 0 Å². The molecule has 0 bridgehead atoms. The number of anilines is 1. The Hall–Kier alpha value is -1.36. The number of ether oxygens (including phenoxy) is 1. The Morgan fingerprint density at radius 2 is 2.25 bits per heavy atom. The van der Waals surface area contributed by atoms with E-state index in [0.717, 1.165) is 37.7 Å². The molecule has 1 fully saturated rings. The Labute approximate surface area is 121 Å². The van der Waals surface area contributed by atoms with Gasteiger partial charge in [0.15, 0.2) is 0 Å². The number of rotatable bonds is 7. The van der Waals surface area contributed by atoms with Crippen molar-refractivity contribution in [2.75, 3.05) is 31.1 Å². The van der Waals surface area contributed by atoms with Gasteiger partial charge < -0.3 is 15.0 Å². The summed E-state index contributed by atoms with van der Waals surface area (Å²) in [5.41, 5.74) is 0.968. The van der Waals surface area contributed by atoms with Crippen LogP contribution in [0, 0.1) is 6.92 Å². The molecule has 1 unspecified atom stereocenters. The van der Waals surface area contributed by atoms with Crippen molar-refractivity contribution in [2.45, 2.75) is 46.1 Å². The molecule has 0 radical (unpaired) electrons. The van der Waals surface area contributed by atoms with E-state index in [1.165, 1.54) is 12.8 Å². The van der Waals surface area contributed by atoms with Gasteiger partial charge in [-0.2, -0.15) is 4.98 Å². The van der Waals surface area contributed by atoms with Gasteiger partial charge in [-0.25, -0.2) is 4.98 Å². The molecule has 0 amide bonds. The van der Waals surface area contributed by atoms with Crippen LogP contribution < -0.4 is 15.0 Å². The van der Waals surface area contributed by atoms with Crippen molar-refractivity contribution < 1.29 is 4.74 Å². The lowest BCUT2D eigenvalue weighted by Crippen LogP contribution is -2.39. The van der Waals surface area contributed by atoms with Crippen molar-refractivity contribution in [1.29, 1.82) is 0 Å². The standard InChI is InChI=1S/C15H26N4O/c1-4-9-20-14-10-12(3)17-15(18-14)19-8-6-7-13(19)11-16-5-2/h10,13,16H,4-9,11H2,1-3H3. The van der Waals surface area contributed by atoms with Crippen molar-refractivity contribution in [2.24, 2.45) is 0 Å². The summed E-state index contributed by atoms with van der Waals surface area (Å²) in [7, 11) is 0. The average Bonchev–Trinajstić information content (AvgIpc) is 2.90. The highest BCUT2D eigenvalue weighted by Crippen LogP contribution is 2.24. The normalized spacial score (nSPS) is 18.6. The van der Waals surface area contributed by atoms with E-state index in [4.69, 9.17) is 4.74 Å². The van der Waals surface area contributed by atoms with Crippen LogP contribution in [0.1, 0.15) is 38.8 Å². The second-order valence-electron chi connectivity index (χ2n) is 5.29. The summed E-state index contributed by atoms with van der Waals surface area (Å²) in [5.74, 6) is 1.51. The molecule has 5 heteroatoms. The lowest BCUT2D eigenvalue weighted by molar-refractivity contribution is 0.304. The second-order valence-corrected chi connectivity index (χ2v) is 5.29. The third-order valence-electron chi connectivity index (χ3n) is 3.54. The molecular formula is C15H26N4O. The van der Waals surface area contributed by atoms with Crippen LogP contribution in [0.2, 0.25) is 0 Å². The van der Waals surface area contributed by atoms with Gasteiger partial charge in [-0.3, -0.25) is 0 Å². The molecule has 112 valence electrons. The monoisotopic (exact) mass is 278 g/mol. The number of aromatic nitrogens is 2. The van der Waals surface area contributed by atoms with Gasteiger partial charge in [0, 0.05) is 30.9 Å². The van der Waals surface area contributed by atoms with E-state index in [1.807, 2.05) is 13.0 Å². The van der Waals surface area contributed by atoms with Crippen LogP contribution in [0.5, 0.6) is 5.88 Å². The Kier molecular flexibility index (Phi) is 5.59. The van der Waals surface area contributed by atoms with E-state index in [2.05, 4.69) is 34.0 Å². The first-order valence-corrected chi connectivity index (χ1v) is 7.70. The maximum absolute atomic E-state index is 5.66. The Balaban J connectivity index is 2.11. The Morgan fingerprint density at radius 3 is 3.00 bits per heavy atom. The van der Waals surface area contributed by atoms with Gasteiger partial charge in [-0.15, -0.1) is 0 Å². The van der Waals surface area contributed by atoms with Gasteiger partial charge in [0.2, 0.25) is 11.8 Å². The molecule has 1 saturated heterocycles. The van der Waals surface area contributed by atoms with E-state index < -0.39 is 0 Å². The third kappa shape index (κ3) is 3.82. The molecule has 0 aromatic carbocycles. The Morgan fingerprint density at radius 1 is 1.40 bits per heavy atom. The zero-order valence-corrected chi connectivity index (χ0v) is 12.9. The number of hydrogen-bond acceptors (Lipinski definition) is 5. The number of aryl methyl sites for hydroxylation is 1. The molecule has 1 aliphatic rings. The molecule has 1 aromatic rings. The fourth-order valence-electron chi connectivity index (χ4n) is 2.56. The topological polar surface area (TPSA) is 50.3 Å². The molecule has 2 heterocycles. The minimum absolute atomic E-state index is 0.496. The first-order valence-electron chi connectivity index (χ1n) is 7.70. The molecule has 0 spiro atoms. The SMILES string of the molecule is CCCOc1cc(C)nc(N2CCCC2CNCC)n1. The zero-order chi connectivity index (χ0) is 14.4. The molecule has 1 aliphatic heterocycles. The smallest absolute Gasteiger partial charge is 0.229 e. The van der Waals surface area contributed by atoms with E-state index in [-0.39, 0.29) is 0 Å². The largest absolute Gasteiger partial charge is 0.478 e. The van der Waals surface area contributed by atoms with Crippen LogP contribution in [0.3, 0.4) is 0 Å². The summed E-state index contributed by atoms with van der Waals surface area (Å²) >= 11 is 0. The lowest BCUT2D eigenvalue weighted by Gasteiger charge is -2.25. The molecule has 2 rings (SSSR count). The second kappa shape index (κ2) is 7.43. The summed E-state index contributed by atoms with van der Waals surface area (Å²) in [6, 6.07) is 2.41. The third-order valence-corrected chi connectivity index (χ3v) is 3.54. The minimum atomic E-state index is 0.496. The van der Waals surface area contributed by atoms with Crippen LogP contribution in [-0.4, -0.2) is 42.3 Å². The quantitative estimate of drug-likeness (QED) is 0.828. The fourth-order valence-corrected chi connectivity index (χ4v) is 2.56. The number of likely N-dealkylation sites (N-methyl/N-ethyl adjacent to an activating group) is 1. The van der Waals surface area contributed by atoms with Crippen molar-refractivity contribution in [3.05, 3.63) is 11.8 Å². The van der Waals surface area contributed by atoms with Crippen molar-refractivity contribution in [1.82, 2.24) is 15.3 Å². The van der Waals surface area contributed by atoms with E-state index in [9.17, 15) is 0 Å². The van der Waals surface area contributed by atoms with Gasteiger partial charge in [0.25, 0.3) is 0 Å². The van der Waals surface area contributed by atoms with Crippen LogP contribution in [0.25, 0.3) is 0 Å². The molecule has 1 atom stereocenters. The summed E-state index contributed by atoms with van der Waals surface area (Å²) in [5, 5.41) is 3.42. The van der Waals surface area contributed by atoms with Crippen molar-refractivity contribution in [3.63, 3.8) is 0 Å². The van der Waals surface area contributed by atoms with Gasteiger partial charge in [-0.1, -0.05) is 13.8 Å². The van der Waals surface area contributed by atoms with Gasteiger partial charge in [0.05, 0.1) is 6.61 Å². The van der Waals surface area contributed by atoms with Gasteiger partial charge >= 0.3 is 0 Å². The maximum atomic E-state index is 5.66. The highest BCUT2D eigenvalue weighted by atomic mass is 16.5. The summed E-state index contributed by atoms with van der Waals surface area (Å²) in [6.45, 7) is 9.98. The highest BCUT2D eigenvalue weighted by Gasteiger charge is 2.26. The van der Waals surface area contributed by atoms with Crippen molar-refractivity contribution >= 4 is 5.95 Å². The van der Waals surface area contributed by atoms with Crippen LogP contribution in [0.4, 0.5) is 5.95 Å². The molecular weight excluding hydrogens is 252 g/mol. The van der Waals surface area contributed by atoms with Gasteiger partial charge in [-0.05, 0) is 32.7 Å². The first-order chi connectivity index (χ1) is 9.74. The van der Waals surface area contributed by atoms with Crippen LogP contribution >= 0.6 is 0 Å². The summed E-state index contributed by atoms with van der Waals surface area (Å²) in [6.07, 6.45) is 3.40. The minimum Gasteiger partial charge on any atom is -0.478 e. The summed E-state index contributed by atoms with van der Waals surface area (Å²) < 4.78 is 5.66. The van der Waals surface area contributed by atoms with E-state index in [0.29, 0.717) is 18.5 Å². The van der Waals surface area contributed by atoms with Crippen molar-refractivity contribution in [3.8, 4) is 5.88 Å². The lowest BCUT2D eigenvalue weighted by atomic mass is 10.2. The maximum Gasteiger partial charge on any atom is 0.229 e. The number of hydrogen-bond donors (Lipinski definition) is 1. The first kappa shape index (κ1) is 15.0. The molecule has 1 aromatic heterocycles. The van der Waals surface area contributed by atoms with E-state index in [1.54, 1.807) is 0 Å². The van der Waals surface area contributed by atoms with Crippen LogP contribution in [0.15, 0.2) is 6.07 Å². The van der Waals surface area contributed by atoms with E-state index >= 15 is 0 Å². The van der Waals surface area contributed by atoms with Gasteiger partial charge in [0.1, 0.15) is 0 Å².